The van der Waals surface area contributed by atoms with Crippen molar-refractivity contribution in [1.29, 1.82) is 0 Å². The number of aryl methyl sites for hydroxylation is 1. The summed E-state index contributed by atoms with van der Waals surface area (Å²) in [4.78, 5) is 28.6. The van der Waals surface area contributed by atoms with Gasteiger partial charge in [-0.15, -0.1) is 0 Å². The number of rotatable bonds is 6. The van der Waals surface area contributed by atoms with Gasteiger partial charge in [0.25, 0.3) is 0 Å². The summed E-state index contributed by atoms with van der Waals surface area (Å²) < 4.78 is 12.6. The standard InChI is InChI=1S/C37H42N6O4/c1-23-8-11-28(12-9-23)43-34(21-33(41-43)37(2,3)4)40-35(44)38-26-7-5-6-24(17-26)16-25-18-29-13-14-30(19-25)42(29)36(45)39-27-10-15-31-32(20-27)47-22-46-31/h5-12,15,17,20-21,25,29-30H,13-14,16,18-19,22H2,1-4H3,(H,39,45)(H2,38,40,44)/t25?,29-,30+. The molecule has 0 radical (unpaired) electrons. The predicted octanol–water partition coefficient (Wildman–Crippen LogP) is 7.87. The Morgan fingerprint density at radius 3 is 2.32 bits per heavy atom. The van der Waals surface area contributed by atoms with E-state index < -0.39 is 0 Å². The fraction of sp³-hybridized carbons (Fsp3) is 0.378. The molecule has 2 saturated heterocycles. The number of fused-ring (bicyclic) bond motifs is 3. The van der Waals surface area contributed by atoms with E-state index in [1.165, 1.54) is 5.56 Å². The lowest BCUT2D eigenvalue weighted by Gasteiger charge is -2.39. The molecular weight excluding hydrogens is 592 g/mol. The maximum Gasteiger partial charge on any atom is 0.324 e. The second kappa shape index (κ2) is 12.3. The van der Waals surface area contributed by atoms with Crippen LogP contribution in [-0.4, -0.2) is 45.6 Å². The molecule has 2 bridgehead atoms. The van der Waals surface area contributed by atoms with E-state index >= 15 is 0 Å². The molecule has 1 aromatic heterocycles. The van der Waals surface area contributed by atoms with Crippen LogP contribution in [0.15, 0.2) is 72.8 Å². The van der Waals surface area contributed by atoms with Gasteiger partial charge in [-0.1, -0.05) is 50.6 Å². The van der Waals surface area contributed by atoms with Crippen molar-refractivity contribution in [2.45, 2.75) is 77.3 Å². The van der Waals surface area contributed by atoms with E-state index in [9.17, 15) is 9.59 Å². The number of anilines is 3. The Morgan fingerprint density at radius 1 is 0.851 bits per heavy atom. The first-order valence-electron chi connectivity index (χ1n) is 16.4. The molecule has 10 heteroatoms. The van der Waals surface area contributed by atoms with Gasteiger partial charge in [0.2, 0.25) is 6.79 Å². The number of nitrogens with zero attached hydrogens (tertiary/aromatic N) is 3. The fourth-order valence-electron chi connectivity index (χ4n) is 7.06. The molecule has 3 aromatic carbocycles. The van der Waals surface area contributed by atoms with Gasteiger partial charge in [0, 0.05) is 41.0 Å². The highest BCUT2D eigenvalue weighted by atomic mass is 16.7. The summed E-state index contributed by atoms with van der Waals surface area (Å²) in [7, 11) is 0. The van der Waals surface area contributed by atoms with Gasteiger partial charge in [0.05, 0.1) is 11.4 Å². The van der Waals surface area contributed by atoms with Crippen molar-refractivity contribution >= 4 is 29.3 Å². The highest BCUT2D eigenvalue weighted by molar-refractivity contribution is 5.99. The molecule has 47 heavy (non-hydrogen) atoms. The normalized spacial score (nSPS) is 19.8. The Kier molecular flexibility index (Phi) is 8.03. The molecule has 3 aliphatic heterocycles. The van der Waals surface area contributed by atoms with E-state index in [0.29, 0.717) is 28.9 Å². The van der Waals surface area contributed by atoms with Crippen LogP contribution in [0.1, 0.15) is 63.3 Å². The van der Waals surface area contributed by atoms with Crippen molar-refractivity contribution in [3.63, 3.8) is 0 Å². The van der Waals surface area contributed by atoms with Gasteiger partial charge in [-0.25, -0.2) is 14.3 Å². The minimum atomic E-state index is -0.323. The maximum atomic E-state index is 13.3. The van der Waals surface area contributed by atoms with Crippen LogP contribution in [0.4, 0.5) is 26.8 Å². The van der Waals surface area contributed by atoms with Gasteiger partial charge < -0.3 is 25.0 Å². The summed E-state index contributed by atoms with van der Waals surface area (Å²) in [5, 5.41) is 13.9. The molecule has 1 unspecified atom stereocenters. The van der Waals surface area contributed by atoms with Crippen molar-refractivity contribution in [2.75, 3.05) is 22.7 Å². The summed E-state index contributed by atoms with van der Waals surface area (Å²) in [6.07, 6.45) is 4.86. The molecule has 244 valence electrons. The van der Waals surface area contributed by atoms with Crippen LogP contribution in [-0.2, 0) is 11.8 Å². The molecule has 10 nitrogen and oxygen atoms in total. The van der Waals surface area contributed by atoms with Gasteiger partial charge >= 0.3 is 12.1 Å². The highest BCUT2D eigenvalue weighted by Crippen LogP contribution is 2.41. The molecule has 0 saturated carbocycles. The Bertz CT molecular complexity index is 1780. The van der Waals surface area contributed by atoms with Crippen LogP contribution in [0.25, 0.3) is 5.69 Å². The largest absolute Gasteiger partial charge is 0.454 e. The number of amides is 4. The van der Waals surface area contributed by atoms with E-state index in [4.69, 9.17) is 14.6 Å². The maximum absolute atomic E-state index is 13.3. The smallest absolute Gasteiger partial charge is 0.324 e. The third kappa shape index (κ3) is 6.63. The number of benzene rings is 3. The van der Waals surface area contributed by atoms with E-state index in [-0.39, 0.29) is 36.4 Å². The van der Waals surface area contributed by atoms with E-state index in [0.717, 1.165) is 54.7 Å². The van der Waals surface area contributed by atoms with Gasteiger partial charge in [-0.3, -0.25) is 5.32 Å². The quantitative estimate of drug-likeness (QED) is 0.200. The van der Waals surface area contributed by atoms with Gasteiger partial charge in [0.15, 0.2) is 11.5 Å². The molecule has 3 N–H and O–H groups in total. The van der Waals surface area contributed by atoms with Crippen molar-refractivity contribution < 1.29 is 19.1 Å². The Labute approximate surface area is 275 Å². The van der Waals surface area contributed by atoms with E-state index in [1.807, 2.05) is 67.6 Å². The number of carbonyl (C=O) groups excluding carboxylic acids is 2. The molecule has 3 aliphatic rings. The number of hydrogen-bond donors (Lipinski definition) is 3. The zero-order valence-electron chi connectivity index (χ0n) is 27.4. The molecule has 4 amide bonds. The van der Waals surface area contributed by atoms with Crippen LogP contribution in [0.3, 0.4) is 0 Å². The lowest BCUT2D eigenvalue weighted by molar-refractivity contribution is 0.131. The number of hydrogen-bond acceptors (Lipinski definition) is 5. The van der Waals surface area contributed by atoms with Crippen molar-refractivity contribution in [1.82, 2.24) is 14.7 Å². The van der Waals surface area contributed by atoms with Crippen LogP contribution in [0, 0.1) is 12.8 Å². The lowest BCUT2D eigenvalue weighted by atomic mass is 9.86. The number of carbonyl (C=O) groups is 2. The fourth-order valence-corrected chi connectivity index (χ4v) is 7.06. The van der Waals surface area contributed by atoms with Crippen molar-refractivity contribution in [2.24, 2.45) is 5.92 Å². The molecule has 4 heterocycles. The molecule has 4 aromatic rings. The number of nitrogens with one attached hydrogen (secondary N) is 3. The summed E-state index contributed by atoms with van der Waals surface area (Å²) in [6.45, 7) is 8.57. The topological polar surface area (TPSA) is 110 Å². The predicted molar refractivity (Wildman–Crippen MR) is 183 cm³/mol. The van der Waals surface area contributed by atoms with E-state index in [2.05, 4.69) is 53.8 Å². The summed E-state index contributed by atoms with van der Waals surface area (Å²) in [5.41, 5.74) is 5.37. The van der Waals surface area contributed by atoms with Gasteiger partial charge in [0.1, 0.15) is 5.82 Å². The summed E-state index contributed by atoms with van der Waals surface area (Å²) >= 11 is 0. The molecule has 3 atom stereocenters. The minimum Gasteiger partial charge on any atom is -0.454 e. The van der Waals surface area contributed by atoms with Crippen molar-refractivity contribution in [3.05, 3.63) is 89.6 Å². The third-order valence-corrected chi connectivity index (χ3v) is 9.40. The second-order valence-corrected chi connectivity index (χ2v) is 14.0. The summed E-state index contributed by atoms with van der Waals surface area (Å²) in [5.74, 6) is 2.43. The Balaban J connectivity index is 0.975. The molecule has 2 fully saturated rings. The average Bonchev–Trinajstić information content (AvgIpc) is 3.74. The van der Waals surface area contributed by atoms with Crippen LogP contribution in [0.5, 0.6) is 11.5 Å². The van der Waals surface area contributed by atoms with Crippen molar-refractivity contribution in [3.8, 4) is 17.2 Å². The second-order valence-electron chi connectivity index (χ2n) is 14.0. The summed E-state index contributed by atoms with van der Waals surface area (Å²) in [6, 6.07) is 23.6. The Hall–Kier alpha value is -4.99. The van der Waals surface area contributed by atoms with Crippen LogP contribution < -0.4 is 25.4 Å². The average molecular weight is 635 g/mol. The first-order valence-corrected chi connectivity index (χ1v) is 16.4. The first kappa shape index (κ1) is 30.7. The molecule has 0 spiro atoms. The monoisotopic (exact) mass is 634 g/mol. The SMILES string of the molecule is Cc1ccc(-n2nc(C(C)(C)C)cc2NC(=O)Nc2cccc(CC3C[C@H]4CC[C@@H](C3)N4C(=O)Nc3ccc4c(c3)OCO4)c2)cc1. The van der Waals surface area contributed by atoms with Gasteiger partial charge in [-0.2, -0.15) is 5.10 Å². The third-order valence-electron chi connectivity index (χ3n) is 9.40. The number of urea groups is 2. The first-order chi connectivity index (χ1) is 22.6. The van der Waals surface area contributed by atoms with E-state index in [1.54, 1.807) is 4.68 Å². The van der Waals surface area contributed by atoms with Gasteiger partial charge in [-0.05, 0) is 86.9 Å². The van der Waals surface area contributed by atoms with Crippen LogP contribution >= 0.6 is 0 Å². The zero-order chi connectivity index (χ0) is 32.7. The lowest BCUT2D eigenvalue weighted by Crippen LogP contribution is -2.48. The molecule has 0 aliphatic carbocycles. The zero-order valence-corrected chi connectivity index (χ0v) is 27.4. The molecular formula is C37H42N6O4. The highest BCUT2D eigenvalue weighted by Gasteiger charge is 2.43. The minimum absolute atomic E-state index is 0.0506. The molecule has 7 rings (SSSR count). The van der Waals surface area contributed by atoms with Crippen LogP contribution in [0.2, 0.25) is 0 Å². The number of ether oxygens (including phenoxy) is 2. The Morgan fingerprint density at radius 2 is 1.57 bits per heavy atom. The number of aromatic nitrogens is 2. The number of piperidine rings is 1.